The average molecular weight is 350 g/mol. The Hall–Kier alpha value is -2.50. The van der Waals surface area contributed by atoms with E-state index in [1.165, 1.54) is 20.2 Å². The second kappa shape index (κ2) is 6.55. The number of rotatable bonds is 1. The van der Waals surface area contributed by atoms with Crippen LogP contribution in [0.3, 0.4) is 0 Å². The Kier molecular flexibility index (Phi) is 4.11. The van der Waals surface area contributed by atoms with E-state index < -0.39 is 0 Å². The Labute approximate surface area is 147 Å². The molecular formula is C19H14N2OS2. The number of fused-ring (bicyclic) bond motifs is 4. The summed E-state index contributed by atoms with van der Waals surface area (Å²) in [6, 6.07) is 18.5. The second-order valence-corrected chi connectivity index (χ2v) is 6.94. The first-order chi connectivity index (χ1) is 11.8. The first-order valence-electron chi connectivity index (χ1n) is 7.43. The number of benzene rings is 3. The minimum atomic E-state index is 0.891. The fourth-order valence-corrected chi connectivity index (χ4v) is 3.96. The van der Waals surface area contributed by atoms with Crippen LogP contribution in [0.1, 0.15) is 0 Å². The van der Waals surface area contributed by atoms with Gasteiger partial charge in [0.25, 0.3) is 0 Å². The van der Waals surface area contributed by atoms with E-state index in [1.54, 1.807) is 29.8 Å². The lowest BCUT2D eigenvalue weighted by atomic mass is 10.1. The molecule has 5 rings (SSSR count). The van der Waals surface area contributed by atoms with Gasteiger partial charge in [0.15, 0.2) is 0 Å². The highest BCUT2D eigenvalue weighted by atomic mass is 32.1. The van der Waals surface area contributed by atoms with Crippen molar-refractivity contribution in [3.8, 4) is 5.75 Å². The van der Waals surface area contributed by atoms with Crippen molar-refractivity contribution in [2.45, 2.75) is 0 Å². The lowest BCUT2D eigenvalue weighted by Crippen LogP contribution is -1.80. The van der Waals surface area contributed by atoms with Crippen molar-refractivity contribution in [2.75, 3.05) is 7.11 Å². The topological polar surface area (TPSA) is 35.0 Å². The molecule has 0 N–H and O–H groups in total. The third kappa shape index (κ3) is 2.84. The van der Waals surface area contributed by atoms with Crippen LogP contribution in [-0.4, -0.2) is 17.1 Å². The van der Waals surface area contributed by atoms with Crippen LogP contribution in [0.2, 0.25) is 0 Å². The van der Waals surface area contributed by atoms with Gasteiger partial charge in [-0.1, -0.05) is 30.3 Å². The molecule has 0 amide bonds. The fourth-order valence-electron chi connectivity index (χ4n) is 2.56. The highest BCUT2D eigenvalue weighted by Crippen LogP contribution is 2.26. The molecule has 0 aliphatic heterocycles. The molecule has 0 spiro atoms. The maximum Gasteiger partial charge on any atom is 0.120 e. The fraction of sp³-hybridized carbons (Fsp3) is 0.0526. The van der Waals surface area contributed by atoms with Crippen LogP contribution in [0.25, 0.3) is 31.2 Å². The molecule has 0 saturated carbocycles. The predicted octanol–water partition coefficient (Wildman–Crippen LogP) is 5.75. The van der Waals surface area contributed by atoms with Crippen LogP contribution < -0.4 is 4.74 Å². The Balaban J connectivity index is 0.000000123. The number of ether oxygens (including phenoxy) is 1. The third-order valence-corrected chi connectivity index (χ3v) is 5.35. The number of nitrogens with zero attached hydrogens (tertiary/aromatic N) is 2. The minimum Gasteiger partial charge on any atom is -0.497 e. The lowest BCUT2D eigenvalue weighted by molar-refractivity contribution is 0.415. The van der Waals surface area contributed by atoms with Crippen LogP contribution in [0.4, 0.5) is 0 Å². The Morgan fingerprint density at radius 1 is 0.833 bits per heavy atom. The van der Waals surface area contributed by atoms with E-state index in [0.717, 1.165) is 16.8 Å². The van der Waals surface area contributed by atoms with E-state index in [9.17, 15) is 0 Å². The Morgan fingerprint density at radius 2 is 1.67 bits per heavy atom. The van der Waals surface area contributed by atoms with Crippen molar-refractivity contribution in [3.63, 3.8) is 0 Å². The number of hydrogen-bond acceptors (Lipinski definition) is 5. The molecule has 5 aromatic rings. The second-order valence-electron chi connectivity index (χ2n) is 5.17. The summed E-state index contributed by atoms with van der Waals surface area (Å²) in [5, 5.41) is 2.52. The Bertz CT molecular complexity index is 1110. The monoisotopic (exact) mass is 350 g/mol. The summed E-state index contributed by atoms with van der Waals surface area (Å²) in [6.45, 7) is 0. The first kappa shape index (κ1) is 15.1. The molecule has 0 atom stereocenters. The van der Waals surface area contributed by atoms with E-state index >= 15 is 0 Å². The molecule has 0 radical (unpaired) electrons. The van der Waals surface area contributed by atoms with Crippen molar-refractivity contribution in [1.82, 2.24) is 9.97 Å². The zero-order chi connectivity index (χ0) is 16.4. The number of hydrogen-bond donors (Lipinski definition) is 0. The quantitative estimate of drug-likeness (QED) is 0.386. The smallest absolute Gasteiger partial charge is 0.120 e. The summed E-state index contributed by atoms with van der Waals surface area (Å²) < 4.78 is 7.50. The summed E-state index contributed by atoms with van der Waals surface area (Å²) in [6.07, 6.45) is 0. The van der Waals surface area contributed by atoms with Crippen LogP contribution in [0.5, 0.6) is 5.75 Å². The van der Waals surface area contributed by atoms with Gasteiger partial charge >= 0.3 is 0 Å². The molecule has 0 aliphatic carbocycles. The number of methoxy groups -OCH3 is 1. The minimum absolute atomic E-state index is 0.891. The molecule has 3 nitrogen and oxygen atoms in total. The molecule has 0 saturated heterocycles. The molecule has 118 valence electrons. The van der Waals surface area contributed by atoms with Crippen molar-refractivity contribution in [3.05, 3.63) is 65.6 Å². The lowest BCUT2D eigenvalue weighted by Gasteiger charge is -1.96. The van der Waals surface area contributed by atoms with Gasteiger partial charge in [-0.25, -0.2) is 9.97 Å². The summed E-state index contributed by atoms with van der Waals surface area (Å²) in [5.41, 5.74) is 5.90. The van der Waals surface area contributed by atoms with Crippen molar-refractivity contribution >= 4 is 53.9 Å². The molecule has 0 unspecified atom stereocenters. The normalized spacial score (nSPS) is 10.7. The van der Waals surface area contributed by atoms with Gasteiger partial charge in [0, 0.05) is 5.39 Å². The van der Waals surface area contributed by atoms with Crippen molar-refractivity contribution in [2.24, 2.45) is 0 Å². The molecule has 0 aliphatic rings. The number of thiazole rings is 2. The van der Waals surface area contributed by atoms with Gasteiger partial charge in [0.1, 0.15) is 5.75 Å². The van der Waals surface area contributed by atoms with Crippen LogP contribution >= 0.6 is 22.7 Å². The summed E-state index contributed by atoms with van der Waals surface area (Å²) in [4.78, 5) is 8.52. The third-order valence-electron chi connectivity index (χ3n) is 3.76. The summed E-state index contributed by atoms with van der Waals surface area (Å²) in [7, 11) is 1.67. The van der Waals surface area contributed by atoms with Gasteiger partial charge in [0.2, 0.25) is 0 Å². The highest BCUT2D eigenvalue weighted by molar-refractivity contribution is 7.17. The van der Waals surface area contributed by atoms with E-state index in [1.807, 2.05) is 29.2 Å². The molecule has 24 heavy (non-hydrogen) atoms. The van der Waals surface area contributed by atoms with Gasteiger partial charge in [-0.3, -0.25) is 0 Å². The maximum atomic E-state index is 5.07. The largest absolute Gasteiger partial charge is 0.497 e. The molecule has 3 aromatic carbocycles. The van der Waals surface area contributed by atoms with Crippen LogP contribution in [0.15, 0.2) is 65.6 Å². The number of aromatic nitrogens is 2. The Morgan fingerprint density at radius 3 is 2.58 bits per heavy atom. The maximum absolute atomic E-state index is 5.07. The molecule has 2 heterocycles. The van der Waals surface area contributed by atoms with Gasteiger partial charge in [0.05, 0.1) is 38.6 Å². The van der Waals surface area contributed by atoms with E-state index in [0.29, 0.717) is 0 Å². The van der Waals surface area contributed by atoms with E-state index in [-0.39, 0.29) is 0 Å². The van der Waals surface area contributed by atoms with Crippen molar-refractivity contribution < 1.29 is 4.74 Å². The molecule has 0 bridgehead atoms. The molecular weight excluding hydrogens is 336 g/mol. The zero-order valence-corrected chi connectivity index (χ0v) is 14.6. The highest BCUT2D eigenvalue weighted by Gasteiger charge is 2.00. The summed E-state index contributed by atoms with van der Waals surface area (Å²) >= 11 is 3.32. The average Bonchev–Trinajstić information content (AvgIpc) is 3.30. The molecule has 0 fully saturated rings. The summed E-state index contributed by atoms with van der Waals surface area (Å²) in [5.74, 6) is 0.891. The predicted molar refractivity (Wildman–Crippen MR) is 103 cm³/mol. The molecule has 5 heteroatoms. The van der Waals surface area contributed by atoms with Gasteiger partial charge in [-0.2, -0.15) is 0 Å². The first-order valence-corrected chi connectivity index (χ1v) is 9.19. The van der Waals surface area contributed by atoms with Crippen LogP contribution in [-0.2, 0) is 0 Å². The standard InChI is InChI=1S/C11H7NS.C8H7NOS/c1-2-4-9-8(3-1)5-6-10-11(9)12-7-13-10;1-10-6-2-3-7-8(4-6)11-5-9-7/h1-7H;2-5H,1H3. The van der Waals surface area contributed by atoms with Crippen LogP contribution in [0, 0.1) is 0 Å². The van der Waals surface area contributed by atoms with Gasteiger partial charge < -0.3 is 4.74 Å². The zero-order valence-electron chi connectivity index (χ0n) is 13.0. The van der Waals surface area contributed by atoms with E-state index in [2.05, 4.69) is 46.4 Å². The van der Waals surface area contributed by atoms with E-state index in [4.69, 9.17) is 4.74 Å². The SMILES string of the molecule is COc1ccc2ncsc2c1.c1ccc2c(c1)ccc1scnc12. The van der Waals surface area contributed by atoms with Gasteiger partial charge in [-0.15, -0.1) is 22.7 Å². The van der Waals surface area contributed by atoms with Gasteiger partial charge in [-0.05, 0) is 29.7 Å². The van der Waals surface area contributed by atoms with Crippen molar-refractivity contribution in [1.29, 1.82) is 0 Å². The molecule has 2 aromatic heterocycles.